The van der Waals surface area contributed by atoms with Gasteiger partial charge < -0.3 is 14.5 Å². The number of carbonyl (C=O) groups excluding carboxylic acids is 1. The predicted molar refractivity (Wildman–Crippen MR) is 138 cm³/mol. The van der Waals surface area contributed by atoms with Crippen LogP contribution in [0.4, 0.5) is 5.82 Å². The van der Waals surface area contributed by atoms with E-state index in [0.29, 0.717) is 30.3 Å². The van der Waals surface area contributed by atoms with Crippen molar-refractivity contribution in [2.75, 3.05) is 38.2 Å². The molecule has 2 aromatic heterocycles. The van der Waals surface area contributed by atoms with Crippen molar-refractivity contribution in [1.29, 1.82) is 0 Å². The number of aromatic nitrogens is 2. The molecule has 1 aliphatic heterocycles. The van der Waals surface area contributed by atoms with Crippen LogP contribution in [0.25, 0.3) is 10.2 Å². The van der Waals surface area contributed by atoms with E-state index >= 15 is 0 Å². The largest absolute Gasteiger partial charge is 0.496 e. The SMILES string of the molecule is CCC(C)c1nc(N2CCN(C(=O)c3ccccc3OC)CC2)c2c3c(sc2n1)CC(C)CC3. The van der Waals surface area contributed by atoms with Crippen LogP contribution in [0, 0.1) is 5.92 Å². The summed E-state index contributed by atoms with van der Waals surface area (Å²) in [6, 6.07) is 7.47. The zero-order chi connectivity index (χ0) is 23.8. The molecular weight excluding hydrogens is 444 g/mol. The van der Waals surface area contributed by atoms with E-state index in [1.54, 1.807) is 7.11 Å². The van der Waals surface area contributed by atoms with Crippen LogP contribution in [0.1, 0.15) is 66.2 Å². The summed E-state index contributed by atoms with van der Waals surface area (Å²) in [5.41, 5.74) is 2.10. The minimum atomic E-state index is 0.0344. The third kappa shape index (κ3) is 4.15. The molecule has 2 aliphatic rings. The normalized spacial score (nSPS) is 19.2. The number of methoxy groups -OCH3 is 1. The van der Waals surface area contributed by atoms with E-state index in [-0.39, 0.29) is 5.91 Å². The van der Waals surface area contributed by atoms with Crippen LogP contribution in [0.3, 0.4) is 0 Å². The van der Waals surface area contributed by atoms with Crippen molar-refractivity contribution in [3.63, 3.8) is 0 Å². The number of benzene rings is 1. The van der Waals surface area contributed by atoms with Gasteiger partial charge in [0.05, 0.1) is 18.1 Å². The van der Waals surface area contributed by atoms with Crippen molar-refractivity contribution in [3.8, 4) is 5.75 Å². The molecule has 3 heterocycles. The lowest BCUT2D eigenvalue weighted by atomic mass is 9.89. The van der Waals surface area contributed by atoms with Crippen LogP contribution in [-0.2, 0) is 12.8 Å². The van der Waals surface area contributed by atoms with Crippen molar-refractivity contribution >= 4 is 33.3 Å². The van der Waals surface area contributed by atoms with Gasteiger partial charge in [0.25, 0.3) is 5.91 Å². The first-order valence-electron chi connectivity index (χ1n) is 12.5. The first-order chi connectivity index (χ1) is 16.5. The van der Waals surface area contributed by atoms with E-state index < -0.39 is 0 Å². The highest BCUT2D eigenvalue weighted by molar-refractivity contribution is 7.19. The van der Waals surface area contributed by atoms with Gasteiger partial charge in [-0.25, -0.2) is 9.97 Å². The number of hydrogen-bond donors (Lipinski definition) is 0. The summed E-state index contributed by atoms with van der Waals surface area (Å²) in [6.07, 6.45) is 4.51. The van der Waals surface area contributed by atoms with Crippen molar-refractivity contribution in [2.45, 2.75) is 52.4 Å². The second-order valence-electron chi connectivity index (χ2n) is 9.73. The van der Waals surface area contributed by atoms with Crippen LogP contribution in [0.15, 0.2) is 24.3 Å². The van der Waals surface area contributed by atoms with Gasteiger partial charge in [-0.15, -0.1) is 11.3 Å². The third-order valence-corrected chi connectivity index (χ3v) is 8.56. The number of fused-ring (bicyclic) bond motifs is 3. The molecule has 34 heavy (non-hydrogen) atoms. The molecule has 3 aromatic rings. The maximum absolute atomic E-state index is 13.2. The van der Waals surface area contributed by atoms with Crippen molar-refractivity contribution in [1.82, 2.24) is 14.9 Å². The average Bonchev–Trinajstić information content (AvgIpc) is 3.24. The molecule has 7 heteroatoms. The summed E-state index contributed by atoms with van der Waals surface area (Å²) < 4.78 is 5.42. The van der Waals surface area contributed by atoms with Gasteiger partial charge in [-0.3, -0.25) is 4.79 Å². The highest BCUT2D eigenvalue weighted by atomic mass is 32.1. The molecule has 180 valence electrons. The minimum absolute atomic E-state index is 0.0344. The number of rotatable bonds is 5. The Balaban J connectivity index is 1.45. The number of thiophene rings is 1. The first-order valence-corrected chi connectivity index (χ1v) is 13.3. The molecule has 1 fully saturated rings. The van der Waals surface area contributed by atoms with Gasteiger partial charge in [-0.05, 0) is 49.3 Å². The number of hydrogen-bond acceptors (Lipinski definition) is 6. The molecule has 0 spiro atoms. The quantitative estimate of drug-likeness (QED) is 0.498. The molecule has 5 rings (SSSR count). The third-order valence-electron chi connectivity index (χ3n) is 7.41. The zero-order valence-corrected chi connectivity index (χ0v) is 21.5. The summed E-state index contributed by atoms with van der Waals surface area (Å²) in [4.78, 5) is 30.3. The Kier molecular flexibility index (Phi) is 6.47. The fourth-order valence-electron chi connectivity index (χ4n) is 5.08. The number of nitrogens with zero attached hydrogens (tertiary/aromatic N) is 4. The summed E-state index contributed by atoms with van der Waals surface area (Å²) in [5, 5.41) is 1.27. The molecule has 0 bridgehead atoms. The highest BCUT2D eigenvalue weighted by Gasteiger charge is 2.30. The Morgan fingerprint density at radius 2 is 1.97 bits per heavy atom. The number of aryl methyl sites for hydroxylation is 1. The molecule has 0 radical (unpaired) electrons. The van der Waals surface area contributed by atoms with Crippen LogP contribution >= 0.6 is 11.3 Å². The van der Waals surface area contributed by atoms with Crippen LogP contribution < -0.4 is 9.64 Å². The lowest BCUT2D eigenvalue weighted by Crippen LogP contribution is -2.49. The Morgan fingerprint density at radius 3 is 2.71 bits per heavy atom. The standard InChI is InChI=1S/C27H34N4O2S/c1-5-18(3)24-28-25(23-20-11-10-17(2)16-22(20)34-26(23)29-24)30-12-14-31(15-13-30)27(32)19-8-6-7-9-21(19)33-4/h6-9,17-18H,5,10-16H2,1-4H3. The molecule has 6 nitrogen and oxygen atoms in total. The van der Waals surface area contributed by atoms with Crippen LogP contribution in [-0.4, -0.2) is 54.1 Å². The minimum Gasteiger partial charge on any atom is -0.496 e. The Hall–Kier alpha value is -2.67. The summed E-state index contributed by atoms with van der Waals surface area (Å²) in [5.74, 6) is 3.75. The molecule has 1 aromatic carbocycles. The van der Waals surface area contributed by atoms with Crippen molar-refractivity contribution in [3.05, 3.63) is 46.1 Å². The summed E-state index contributed by atoms with van der Waals surface area (Å²) >= 11 is 1.87. The number of anilines is 1. The van der Waals surface area contributed by atoms with Gasteiger partial charge in [0.2, 0.25) is 0 Å². The molecule has 0 N–H and O–H groups in total. The van der Waals surface area contributed by atoms with E-state index in [0.717, 1.165) is 54.7 Å². The number of piperazine rings is 1. The topological polar surface area (TPSA) is 58.6 Å². The van der Waals surface area contributed by atoms with Gasteiger partial charge >= 0.3 is 0 Å². The van der Waals surface area contributed by atoms with E-state index in [4.69, 9.17) is 14.7 Å². The molecule has 1 aliphatic carbocycles. The maximum atomic E-state index is 13.2. The van der Waals surface area contributed by atoms with Gasteiger partial charge in [0.15, 0.2) is 0 Å². The average molecular weight is 479 g/mol. The van der Waals surface area contributed by atoms with Crippen LogP contribution in [0.2, 0.25) is 0 Å². The molecular formula is C27H34N4O2S. The molecule has 2 atom stereocenters. The lowest BCUT2D eigenvalue weighted by Gasteiger charge is -2.36. The van der Waals surface area contributed by atoms with E-state index in [2.05, 4.69) is 25.7 Å². The summed E-state index contributed by atoms with van der Waals surface area (Å²) in [7, 11) is 1.61. The Labute approximate surface area is 206 Å². The Bertz CT molecular complexity index is 1200. The maximum Gasteiger partial charge on any atom is 0.257 e. The fraction of sp³-hybridized carbons (Fsp3) is 0.519. The van der Waals surface area contributed by atoms with Crippen LogP contribution in [0.5, 0.6) is 5.75 Å². The molecule has 2 unspecified atom stereocenters. The Morgan fingerprint density at radius 1 is 1.21 bits per heavy atom. The van der Waals surface area contributed by atoms with Gasteiger partial charge in [-0.1, -0.05) is 32.9 Å². The highest BCUT2D eigenvalue weighted by Crippen LogP contribution is 2.42. The molecule has 0 saturated carbocycles. The number of ether oxygens (including phenoxy) is 1. The first kappa shape index (κ1) is 23.1. The molecule has 1 saturated heterocycles. The second kappa shape index (κ2) is 9.53. The zero-order valence-electron chi connectivity index (χ0n) is 20.6. The predicted octanol–water partition coefficient (Wildman–Crippen LogP) is 5.30. The van der Waals surface area contributed by atoms with Crippen molar-refractivity contribution in [2.24, 2.45) is 5.92 Å². The van der Waals surface area contributed by atoms with Gasteiger partial charge in [-0.2, -0.15) is 0 Å². The fourth-order valence-corrected chi connectivity index (χ4v) is 6.47. The lowest BCUT2D eigenvalue weighted by molar-refractivity contribution is 0.0743. The monoisotopic (exact) mass is 478 g/mol. The number of amides is 1. The van der Waals surface area contributed by atoms with Gasteiger partial charge in [0.1, 0.15) is 22.2 Å². The smallest absolute Gasteiger partial charge is 0.257 e. The second-order valence-corrected chi connectivity index (χ2v) is 10.8. The summed E-state index contributed by atoms with van der Waals surface area (Å²) in [6.45, 7) is 9.64. The number of carbonyl (C=O) groups is 1. The van der Waals surface area contributed by atoms with E-state index in [1.165, 1.54) is 22.2 Å². The van der Waals surface area contributed by atoms with E-state index in [9.17, 15) is 4.79 Å². The van der Waals surface area contributed by atoms with E-state index in [1.807, 2.05) is 40.5 Å². The number of para-hydroxylation sites is 1. The van der Waals surface area contributed by atoms with Crippen molar-refractivity contribution < 1.29 is 9.53 Å². The van der Waals surface area contributed by atoms with Gasteiger partial charge in [0, 0.05) is 37.0 Å². The molecule has 1 amide bonds.